The fraction of sp³-hybridized carbons (Fsp3) is 0.125. The molecule has 0 unspecified atom stereocenters. The molecule has 0 N–H and O–H groups in total. The molecular weight excluding hydrogens is 296 g/mol. The van der Waals surface area contributed by atoms with Crippen LogP contribution in [0.15, 0.2) is 54.9 Å². The molecule has 0 bridgehead atoms. The van der Waals surface area contributed by atoms with Crippen LogP contribution in [0.1, 0.15) is 6.92 Å². The summed E-state index contributed by atoms with van der Waals surface area (Å²) >= 11 is 0. The highest BCUT2D eigenvalue weighted by atomic mass is 16.6. The summed E-state index contributed by atoms with van der Waals surface area (Å²) < 4.78 is 7.06. The average Bonchev–Trinajstić information content (AvgIpc) is 3.05. The predicted octanol–water partition coefficient (Wildman–Crippen LogP) is 3.24. The summed E-state index contributed by atoms with van der Waals surface area (Å²) in [6.45, 7) is 2.54. The van der Waals surface area contributed by atoms with Crippen LogP contribution in [0.2, 0.25) is 0 Å². The summed E-state index contributed by atoms with van der Waals surface area (Å²) in [4.78, 5) is 14.6. The number of hydrogen-bond donors (Lipinski definition) is 0. The lowest BCUT2D eigenvalue weighted by Gasteiger charge is -2.07. The minimum atomic E-state index is -0.432. The first kappa shape index (κ1) is 14.7. The predicted molar refractivity (Wildman–Crippen MR) is 84.6 cm³/mol. The van der Waals surface area contributed by atoms with Crippen LogP contribution < -0.4 is 4.74 Å². The van der Waals surface area contributed by atoms with Crippen LogP contribution in [0.25, 0.3) is 17.1 Å². The molecule has 7 nitrogen and oxygen atoms in total. The maximum absolute atomic E-state index is 10.7. The standard InChI is InChI=1S/C16H14N4O3/c1-2-23-15-9-3-12(4-10-15)16-17-11-18-19(16)13-5-7-14(8-6-13)20(21)22/h3-11H,2H2,1H3. The van der Waals surface area contributed by atoms with Gasteiger partial charge in [0, 0.05) is 17.7 Å². The van der Waals surface area contributed by atoms with E-state index in [2.05, 4.69) is 10.1 Å². The summed E-state index contributed by atoms with van der Waals surface area (Å²) in [6.07, 6.45) is 1.45. The number of non-ortho nitro benzene ring substituents is 1. The number of benzene rings is 2. The second-order valence-electron chi connectivity index (χ2n) is 4.73. The van der Waals surface area contributed by atoms with Gasteiger partial charge in [-0.25, -0.2) is 9.67 Å². The minimum absolute atomic E-state index is 0.0384. The smallest absolute Gasteiger partial charge is 0.269 e. The molecule has 2 aromatic carbocycles. The highest BCUT2D eigenvalue weighted by Gasteiger charge is 2.11. The molecule has 0 atom stereocenters. The Morgan fingerprint density at radius 3 is 2.43 bits per heavy atom. The van der Waals surface area contributed by atoms with Crippen molar-refractivity contribution in [3.8, 4) is 22.8 Å². The SMILES string of the molecule is CCOc1ccc(-c2ncnn2-c2ccc([N+](=O)[O-])cc2)cc1. The molecule has 0 aliphatic rings. The van der Waals surface area contributed by atoms with E-state index in [4.69, 9.17) is 4.74 Å². The Bertz CT molecular complexity index is 810. The van der Waals surface area contributed by atoms with Crippen LogP contribution in [0, 0.1) is 10.1 Å². The molecule has 0 aliphatic heterocycles. The van der Waals surface area contributed by atoms with E-state index in [-0.39, 0.29) is 5.69 Å². The Kier molecular flexibility index (Phi) is 4.01. The minimum Gasteiger partial charge on any atom is -0.494 e. The van der Waals surface area contributed by atoms with Crippen LogP contribution in [0.5, 0.6) is 5.75 Å². The van der Waals surface area contributed by atoms with Gasteiger partial charge in [-0.1, -0.05) is 0 Å². The summed E-state index contributed by atoms with van der Waals surface area (Å²) in [6, 6.07) is 13.7. The molecule has 0 radical (unpaired) electrons. The molecule has 0 amide bonds. The summed E-state index contributed by atoms with van der Waals surface area (Å²) in [5.74, 6) is 1.44. The quantitative estimate of drug-likeness (QED) is 0.533. The second kappa shape index (κ2) is 6.27. The van der Waals surface area contributed by atoms with Gasteiger partial charge in [-0.15, -0.1) is 0 Å². The van der Waals surface area contributed by atoms with E-state index in [1.807, 2.05) is 31.2 Å². The largest absolute Gasteiger partial charge is 0.494 e. The van der Waals surface area contributed by atoms with E-state index >= 15 is 0 Å². The Morgan fingerprint density at radius 1 is 1.13 bits per heavy atom. The Hall–Kier alpha value is -3.22. The molecule has 0 saturated heterocycles. The van der Waals surface area contributed by atoms with Crippen molar-refractivity contribution >= 4 is 5.69 Å². The zero-order valence-corrected chi connectivity index (χ0v) is 12.4. The average molecular weight is 310 g/mol. The van der Waals surface area contributed by atoms with Crippen molar-refractivity contribution in [1.82, 2.24) is 14.8 Å². The van der Waals surface area contributed by atoms with Gasteiger partial charge in [0.25, 0.3) is 5.69 Å². The zero-order valence-electron chi connectivity index (χ0n) is 12.4. The van der Waals surface area contributed by atoms with Gasteiger partial charge in [0.05, 0.1) is 17.2 Å². The number of nitrogens with zero attached hydrogens (tertiary/aromatic N) is 4. The lowest BCUT2D eigenvalue weighted by atomic mass is 10.2. The van der Waals surface area contributed by atoms with Gasteiger partial charge in [-0.2, -0.15) is 5.10 Å². The molecule has 1 aromatic heterocycles. The highest BCUT2D eigenvalue weighted by Crippen LogP contribution is 2.23. The number of hydrogen-bond acceptors (Lipinski definition) is 5. The normalized spacial score (nSPS) is 10.5. The highest BCUT2D eigenvalue weighted by molar-refractivity contribution is 5.59. The summed E-state index contributed by atoms with van der Waals surface area (Å²) in [5, 5.41) is 14.9. The van der Waals surface area contributed by atoms with Crippen molar-refractivity contribution in [3.63, 3.8) is 0 Å². The Balaban J connectivity index is 1.94. The lowest BCUT2D eigenvalue weighted by molar-refractivity contribution is -0.384. The van der Waals surface area contributed by atoms with Gasteiger partial charge < -0.3 is 4.74 Å². The van der Waals surface area contributed by atoms with Crippen LogP contribution in [0.4, 0.5) is 5.69 Å². The number of ether oxygens (including phenoxy) is 1. The fourth-order valence-electron chi connectivity index (χ4n) is 2.21. The Labute approximate surface area is 132 Å². The van der Waals surface area contributed by atoms with E-state index < -0.39 is 4.92 Å². The van der Waals surface area contributed by atoms with E-state index in [0.717, 1.165) is 11.3 Å². The molecule has 1 heterocycles. The van der Waals surface area contributed by atoms with Crippen molar-refractivity contribution in [1.29, 1.82) is 0 Å². The maximum atomic E-state index is 10.7. The number of nitro benzene ring substituents is 1. The van der Waals surface area contributed by atoms with Gasteiger partial charge in [0.15, 0.2) is 5.82 Å². The first-order valence-corrected chi connectivity index (χ1v) is 7.07. The topological polar surface area (TPSA) is 83.1 Å². The molecule has 116 valence electrons. The van der Waals surface area contributed by atoms with Gasteiger partial charge in [-0.05, 0) is 43.3 Å². The summed E-state index contributed by atoms with van der Waals surface area (Å²) in [7, 11) is 0. The number of aromatic nitrogens is 3. The zero-order chi connectivity index (χ0) is 16.2. The third kappa shape index (κ3) is 3.03. The molecule has 3 aromatic rings. The maximum Gasteiger partial charge on any atom is 0.269 e. The first-order valence-electron chi connectivity index (χ1n) is 7.07. The van der Waals surface area contributed by atoms with Crippen molar-refractivity contribution in [2.45, 2.75) is 6.92 Å². The second-order valence-corrected chi connectivity index (χ2v) is 4.73. The van der Waals surface area contributed by atoms with Crippen molar-refractivity contribution in [2.75, 3.05) is 6.61 Å². The monoisotopic (exact) mass is 310 g/mol. The number of nitro groups is 1. The number of rotatable bonds is 5. The van der Waals surface area contributed by atoms with Crippen molar-refractivity contribution in [3.05, 3.63) is 65.0 Å². The van der Waals surface area contributed by atoms with Crippen LogP contribution in [-0.4, -0.2) is 26.3 Å². The molecule has 0 aliphatic carbocycles. The van der Waals surface area contributed by atoms with Crippen LogP contribution in [-0.2, 0) is 0 Å². The van der Waals surface area contributed by atoms with E-state index in [1.54, 1.807) is 16.8 Å². The molecule has 7 heteroatoms. The molecule has 0 fully saturated rings. The van der Waals surface area contributed by atoms with Crippen LogP contribution >= 0.6 is 0 Å². The van der Waals surface area contributed by atoms with Gasteiger partial charge >= 0.3 is 0 Å². The molecular formula is C16H14N4O3. The van der Waals surface area contributed by atoms with Crippen molar-refractivity contribution < 1.29 is 9.66 Å². The Morgan fingerprint density at radius 2 is 1.83 bits per heavy atom. The third-order valence-electron chi connectivity index (χ3n) is 3.28. The van der Waals surface area contributed by atoms with E-state index in [0.29, 0.717) is 18.1 Å². The van der Waals surface area contributed by atoms with Crippen LogP contribution in [0.3, 0.4) is 0 Å². The molecule has 0 spiro atoms. The molecule has 3 rings (SSSR count). The van der Waals surface area contributed by atoms with Crippen molar-refractivity contribution in [2.24, 2.45) is 0 Å². The van der Waals surface area contributed by atoms with Gasteiger partial charge in [-0.3, -0.25) is 10.1 Å². The lowest BCUT2D eigenvalue weighted by Crippen LogP contribution is -2.00. The first-order chi connectivity index (χ1) is 11.2. The summed E-state index contributed by atoms with van der Waals surface area (Å²) in [5.41, 5.74) is 1.62. The van der Waals surface area contributed by atoms with E-state index in [1.165, 1.54) is 18.5 Å². The van der Waals surface area contributed by atoms with Gasteiger partial charge in [0.2, 0.25) is 0 Å². The molecule has 0 saturated carbocycles. The molecule has 23 heavy (non-hydrogen) atoms. The van der Waals surface area contributed by atoms with Gasteiger partial charge in [0.1, 0.15) is 12.1 Å². The fourth-order valence-corrected chi connectivity index (χ4v) is 2.21. The van der Waals surface area contributed by atoms with E-state index in [9.17, 15) is 10.1 Å². The third-order valence-corrected chi connectivity index (χ3v) is 3.28.